The van der Waals surface area contributed by atoms with Crippen molar-refractivity contribution in [2.45, 2.75) is 51.4 Å². The van der Waals surface area contributed by atoms with Crippen molar-refractivity contribution in [3.8, 4) is 0 Å². The molecule has 1 saturated heterocycles. The van der Waals surface area contributed by atoms with E-state index in [-0.39, 0.29) is 17.3 Å². The Morgan fingerprint density at radius 1 is 1.17 bits per heavy atom. The van der Waals surface area contributed by atoms with Crippen LogP contribution in [0, 0.1) is 11.6 Å². The molecule has 1 aliphatic heterocycles. The molecule has 1 atom stereocenters. The van der Waals surface area contributed by atoms with Gasteiger partial charge in [-0.15, -0.1) is 0 Å². The van der Waals surface area contributed by atoms with Crippen molar-refractivity contribution in [2.75, 3.05) is 5.32 Å². The maximum atomic E-state index is 13.6. The minimum Gasteiger partial charge on any atom is -0.375 e. The fourth-order valence-corrected chi connectivity index (χ4v) is 2.60. The van der Waals surface area contributed by atoms with E-state index in [4.69, 9.17) is 4.74 Å². The maximum absolute atomic E-state index is 13.6. The molecular formula is C14H19F2NO. The lowest BCUT2D eigenvalue weighted by atomic mass is 9.94. The number of benzene rings is 1. The summed E-state index contributed by atoms with van der Waals surface area (Å²) in [5.74, 6) is -1.15. The highest BCUT2D eigenvalue weighted by Gasteiger charge is 2.46. The molecule has 4 heteroatoms. The van der Waals surface area contributed by atoms with Crippen molar-refractivity contribution in [3.05, 3.63) is 29.8 Å². The average Bonchev–Trinajstić information content (AvgIpc) is 2.40. The Balaban J connectivity index is 2.25. The number of nitrogens with one attached hydrogen (secondary N) is 1. The molecule has 0 saturated carbocycles. The summed E-state index contributed by atoms with van der Waals surface area (Å²) >= 11 is 0. The lowest BCUT2D eigenvalue weighted by molar-refractivity contribution is -0.0662. The van der Waals surface area contributed by atoms with Crippen LogP contribution in [0.3, 0.4) is 0 Å². The Morgan fingerprint density at radius 3 is 2.17 bits per heavy atom. The van der Waals surface area contributed by atoms with E-state index in [2.05, 4.69) is 5.32 Å². The number of hydrogen-bond donors (Lipinski definition) is 1. The van der Waals surface area contributed by atoms with Gasteiger partial charge in [0.05, 0.1) is 17.2 Å². The highest BCUT2D eigenvalue weighted by molar-refractivity contribution is 5.47. The van der Waals surface area contributed by atoms with Gasteiger partial charge < -0.3 is 10.1 Å². The van der Waals surface area contributed by atoms with Gasteiger partial charge in [-0.25, -0.2) is 8.78 Å². The average molecular weight is 255 g/mol. The molecule has 0 radical (unpaired) electrons. The van der Waals surface area contributed by atoms with Crippen LogP contribution in [0.2, 0.25) is 0 Å². The van der Waals surface area contributed by atoms with Gasteiger partial charge in [0, 0.05) is 0 Å². The fraction of sp³-hybridized carbons (Fsp3) is 0.571. The van der Waals surface area contributed by atoms with E-state index in [1.54, 1.807) is 0 Å². The molecule has 0 aliphatic carbocycles. The zero-order chi connectivity index (χ0) is 13.6. The zero-order valence-corrected chi connectivity index (χ0v) is 11.2. The van der Waals surface area contributed by atoms with Crippen LogP contribution in [0.5, 0.6) is 0 Å². The monoisotopic (exact) mass is 255 g/mol. The largest absolute Gasteiger partial charge is 0.375 e. The molecule has 2 rings (SSSR count). The minimum atomic E-state index is -0.574. The maximum Gasteiger partial charge on any atom is 0.149 e. The van der Waals surface area contributed by atoms with E-state index in [1.165, 1.54) is 18.2 Å². The first-order chi connectivity index (χ1) is 8.21. The lowest BCUT2D eigenvalue weighted by Gasteiger charge is -2.28. The lowest BCUT2D eigenvalue weighted by Crippen LogP contribution is -2.38. The molecule has 1 N–H and O–H groups in total. The summed E-state index contributed by atoms with van der Waals surface area (Å²) in [7, 11) is 0. The van der Waals surface area contributed by atoms with E-state index in [9.17, 15) is 8.78 Å². The van der Waals surface area contributed by atoms with Gasteiger partial charge in [0.1, 0.15) is 17.3 Å². The molecule has 100 valence electrons. The van der Waals surface area contributed by atoms with Gasteiger partial charge in [0.15, 0.2) is 0 Å². The van der Waals surface area contributed by atoms with Crippen LogP contribution < -0.4 is 5.32 Å². The molecule has 1 fully saturated rings. The van der Waals surface area contributed by atoms with E-state index in [0.717, 1.165) is 0 Å². The summed E-state index contributed by atoms with van der Waals surface area (Å²) < 4.78 is 33.1. The summed E-state index contributed by atoms with van der Waals surface area (Å²) in [6.07, 6.45) is 0.702. The van der Waals surface area contributed by atoms with Gasteiger partial charge in [0.2, 0.25) is 0 Å². The molecule has 1 heterocycles. The third-order valence-electron chi connectivity index (χ3n) is 3.36. The van der Waals surface area contributed by atoms with Crippen LogP contribution in [-0.2, 0) is 4.74 Å². The number of halogens is 2. The van der Waals surface area contributed by atoms with Crippen LogP contribution in [0.1, 0.15) is 34.1 Å². The van der Waals surface area contributed by atoms with Crippen LogP contribution in [-0.4, -0.2) is 17.2 Å². The van der Waals surface area contributed by atoms with Crippen molar-refractivity contribution in [1.82, 2.24) is 0 Å². The van der Waals surface area contributed by atoms with Gasteiger partial charge in [0.25, 0.3) is 0 Å². The molecule has 0 spiro atoms. The summed E-state index contributed by atoms with van der Waals surface area (Å²) in [6, 6.07) is 3.73. The molecule has 1 aliphatic rings. The van der Waals surface area contributed by atoms with Crippen LogP contribution >= 0.6 is 0 Å². The zero-order valence-electron chi connectivity index (χ0n) is 11.2. The molecular weight excluding hydrogens is 236 g/mol. The fourth-order valence-electron chi connectivity index (χ4n) is 2.60. The van der Waals surface area contributed by atoms with E-state index >= 15 is 0 Å². The predicted molar refractivity (Wildman–Crippen MR) is 67.6 cm³/mol. The second-order valence-electron chi connectivity index (χ2n) is 5.96. The van der Waals surface area contributed by atoms with Gasteiger partial charge in [-0.1, -0.05) is 6.07 Å². The Labute approximate surface area is 106 Å². The summed E-state index contributed by atoms with van der Waals surface area (Å²) in [4.78, 5) is 0. The topological polar surface area (TPSA) is 21.3 Å². The first-order valence-corrected chi connectivity index (χ1v) is 6.12. The molecule has 0 amide bonds. The SMILES string of the molecule is CC1(C)CC(Nc2c(F)cccc2F)C(C)(C)O1. The quantitative estimate of drug-likeness (QED) is 0.869. The summed E-state index contributed by atoms with van der Waals surface area (Å²) in [5.41, 5.74) is -0.821. The Hall–Kier alpha value is -1.16. The smallest absolute Gasteiger partial charge is 0.149 e. The van der Waals surface area contributed by atoms with Gasteiger partial charge in [-0.2, -0.15) is 0 Å². The highest BCUT2D eigenvalue weighted by atomic mass is 19.1. The third kappa shape index (κ3) is 2.48. The number of ether oxygens (including phenoxy) is 1. The number of hydrogen-bond acceptors (Lipinski definition) is 2. The van der Waals surface area contributed by atoms with E-state index in [1.807, 2.05) is 27.7 Å². The normalized spacial score (nSPS) is 25.1. The number of para-hydroxylation sites is 1. The van der Waals surface area contributed by atoms with Crippen LogP contribution in [0.15, 0.2) is 18.2 Å². The molecule has 18 heavy (non-hydrogen) atoms. The van der Waals surface area contributed by atoms with Crippen molar-refractivity contribution in [2.24, 2.45) is 0 Å². The first-order valence-electron chi connectivity index (χ1n) is 6.12. The van der Waals surface area contributed by atoms with Gasteiger partial charge in [-0.3, -0.25) is 0 Å². The Morgan fingerprint density at radius 2 is 1.72 bits per heavy atom. The molecule has 0 bridgehead atoms. The van der Waals surface area contributed by atoms with Crippen LogP contribution in [0.4, 0.5) is 14.5 Å². The Bertz CT molecular complexity index is 437. The van der Waals surface area contributed by atoms with Gasteiger partial charge in [-0.05, 0) is 46.2 Å². The molecule has 1 unspecified atom stereocenters. The summed E-state index contributed by atoms with van der Waals surface area (Å²) in [5, 5.41) is 2.95. The number of rotatable bonds is 2. The molecule has 2 nitrogen and oxygen atoms in total. The summed E-state index contributed by atoms with van der Waals surface area (Å²) in [6.45, 7) is 7.82. The second kappa shape index (κ2) is 4.19. The predicted octanol–water partition coefficient (Wildman–Crippen LogP) is 3.72. The standard InChI is InChI=1S/C14H19F2NO/c1-13(2)8-11(14(3,4)18-13)17-12-9(15)6-5-7-10(12)16/h5-7,11,17H,8H2,1-4H3. The minimum absolute atomic E-state index is 0.0723. The van der Waals surface area contributed by atoms with Crippen molar-refractivity contribution < 1.29 is 13.5 Å². The molecule has 1 aromatic rings. The van der Waals surface area contributed by atoms with Crippen molar-refractivity contribution >= 4 is 5.69 Å². The van der Waals surface area contributed by atoms with E-state index < -0.39 is 17.2 Å². The van der Waals surface area contributed by atoms with E-state index in [0.29, 0.717) is 6.42 Å². The van der Waals surface area contributed by atoms with Crippen molar-refractivity contribution in [3.63, 3.8) is 0 Å². The Kier molecular flexibility index (Phi) is 3.09. The van der Waals surface area contributed by atoms with Gasteiger partial charge >= 0.3 is 0 Å². The second-order valence-corrected chi connectivity index (χ2v) is 5.96. The number of anilines is 1. The molecule has 1 aromatic carbocycles. The molecule has 0 aromatic heterocycles. The van der Waals surface area contributed by atoms with Crippen LogP contribution in [0.25, 0.3) is 0 Å². The van der Waals surface area contributed by atoms with Crippen molar-refractivity contribution in [1.29, 1.82) is 0 Å². The first kappa shape index (κ1) is 13.3. The third-order valence-corrected chi connectivity index (χ3v) is 3.36. The highest BCUT2D eigenvalue weighted by Crippen LogP contribution is 2.39.